The lowest BCUT2D eigenvalue weighted by Gasteiger charge is -2.30. The molecule has 0 radical (unpaired) electrons. The summed E-state index contributed by atoms with van der Waals surface area (Å²) in [5.41, 5.74) is 6.22. The first kappa shape index (κ1) is 39.6. The van der Waals surface area contributed by atoms with Crippen LogP contribution in [0.5, 0.6) is 5.75 Å². The normalized spacial score (nSPS) is 28.5. The number of hydrogen-bond acceptors (Lipinski definition) is 11. The summed E-state index contributed by atoms with van der Waals surface area (Å²) < 4.78 is 22.0. The number of amides is 2. The van der Waals surface area contributed by atoms with E-state index in [1.54, 1.807) is 50.3 Å². The molecule has 0 saturated heterocycles. The average Bonchev–Trinajstić information content (AvgIpc) is 3.09. The highest BCUT2D eigenvalue weighted by Crippen LogP contribution is 2.34. The Morgan fingerprint density at radius 1 is 1.06 bits per heavy atom. The molecule has 1 aliphatic carbocycles. The highest BCUT2D eigenvalue weighted by Gasteiger charge is 2.38. The van der Waals surface area contributed by atoms with Gasteiger partial charge in [0.1, 0.15) is 23.8 Å². The topological polar surface area (TPSA) is 193 Å². The molecule has 2 aliphatic rings. The minimum absolute atomic E-state index is 0.0496. The molecule has 1 aliphatic heterocycles. The zero-order valence-corrected chi connectivity index (χ0v) is 29.5. The van der Waals surface area contributed by atoms with Crippen LogP contribution in [0.1, 0.15) is 46.1 Å². The van der Waals surface area contributed by atoms with E-state index in [0.29, 0.717) is 23.2 Å². The van der Waals surface area contributed by atoms with E-state index in [0.717, 1.165) is 0 Å². The smallest absolute Gasteiger partial charge is 0.405 e. The molecule has 13 nitrogen and oxygen atoms in total. The van der Waals surface area contributed by atoms with Crippen LogP contribution in [0.3, 0.4) is 0 Å². The van der Waals surface area contributed by atoms with Gasteiger partial charge >= 0.3 is 6.09 Å². The van der Waals surface area contributed by atoms with E-state index in [-0.39, 0.29) is 53.4 Å². The Hall–Kier alpha value is -4.85. The third-order valence-corrected chi connectivity index (χ3v) is 8.69. The summed E-state index contributed by atoms with van der Waals surface area (Å²) in [6, 6.07) is 6.44. The maximum Gasteiger partial charge on any atom is 0.405 e. The Labute approximate surface area is 292 Å². The van der Waals surface area contributed by atoms with Crippen molar-refractivity contribution >= 4 is 35.4 Å². The molecule has 0 aromatic heterocycles. The molecule has 50 heavy (non-hydrogen) atoms. The number of nitrogens with one attached hydrogen (secondary N) is 2. The maximum absolute atomic E-state index is 14.4. The summed E-state index contributed by atoms with van der Waals surface area (Å²) in [6.07, 6.45) is 2.66. The highest BCUT2D eigenvalue weighted by atomic mass is 16.6. The monoisotopic (exact) mass is 693 g/mol. The van der Waals surface area contributed by atoms with Gasteiger partial charge in [0, 0.05) is 31.3 Å². The van der Waals surface area contributed by atoms with E-state index in [1.165, 1.54) is 40.4 Å². The quantitative estimate of drug-likeness (QED) is 0.178. The third-order valence-electron chi connectivity index (χ3n) is 8.69. The largest absolute Gasteiger partial charge is 0.497 e. The fraction of sp³-hybridized carbons (Fsp3) is 0.432. The standard InChI is InChI=1S/C37H47N3O10/c1-20-17-26-30(39-15-16-41)34(44)29(24-11-13-25(47-5)14-12-24)31(33(26)43)40-36(45)21(2)9-8-10-27(48-6)35(50-37(38)46)23(4)19-22(3)32(42)28(18-20)49-7/h8-14,16,19-20,22,27-28,32,35,39,42H,15,17-18H2,1-7H3,(H2,38,46)(H,40,45)/b10-8-,21-9+,23-19+/t20-,22+,27+,28+,32-,35+/m1/s1. The third kappa shape index (κ3) is 9.65. The summed E-state index contributed by atoms with van der Waals surface area (Å²) in [6.45, 7) is 6.63. The number of aliphatic hydroxyl groups is 1. The highest BCUT2D eigenvalue weighted by molar-refractivity contribution is 6.39. The fourth-order valence-electron chi connectivity index (χ4n) is 6.03. The Morgan fingerprint density at radius 2 is 1.74 bits per heavy atom. The maximum atomic E-state index is 14.4. The van der Waals surface area contributed by atoms with Crippen LogP contribution in [-0.2, 0) is 33.4 Å². The number of hydrogen-bond donors (Lipinski definition) is 4. The molecular weight excluding hydrogens is 646 g/mol. The van der Waals surface area contributed by atoms with Crippen molar-refractivity contribution in [1.82, 2.24) is 10.6 Å². The molecule has 0 saturated carbocycles. The lowest BCUT2D eigenvalue weighted by atomic mass is 9.81. The number of carbonyl (C=O) groups excluding carboxylic acids is 5. The van der Waals surface area contributed by atoms with Gasteiger partial charge in [-0.15, -0.1) is 0 Å². The summed E-state index contributed by atoms with van der Waals surface area (Å²) >= 11 is 0. The van der Waals surface area contributed by atoms with Crippen molar-refractivity contribution in [3.63, 3.8) is 0 Å². The predicted molar refractivity (Wildman–Crippen MR) is 185 cm³/mol. The van der Waals surface area contributed by atoms with Gasteiger partial charge in [0.05, 0.1) is 37.1 Å². The van der Waals surface area contributed by atoms with Gasteiger partial charge in [-0.2, -0.15) is 0 Å². The molecule has 3 rings (SSSR count). The van der Waals surface area contributed by atoms with Gasteiger partial charge in [-0.1, -0.05) is 50.3 Å². The van der Waals surface area contributed by atoms with Crippen LogP contribution in [0.25, 0.3) is 5.57 Å². The van der Waals surface area contributed by atoms with Crippen molar-refractivity contribution in [2.75, 3.05) is 27.9 Å². The van der Waals surface area contributed by atoms with Gasteiger partial charge in [0.15, 0.2) is 6.10 Å². The number of ketones is 2. The van der Waals surface area contributed by atoms with E-state index < -0.39 is 53.9 Å². The number of rotatable bonds is 8. The summed E-state index contributed by atoms with van der Waals surface area (Å²) in [7, 11) is 4.37. The van der Waals surface area contributed by atoms with Crippen molar-refractivity contribution in [3.8, 4) is 5.75 Å². The lowest BCUT2D eigenvalue weighted by molar-refractivity contribution is -0.120. The molecule has 1 aromatic carbocycles. The van der Waals surface area contributed by atoms with Crippen LogP contribution in [0.2, 0.25) is 0 Å². The molecule has 1 heterocycles. The number of nitrogens with two attached hydrogens (primary N) is 1. The number of fused-ring (bicyclic) bond motifs is 2. The van der Waals surface area contributed by atoms with Gasteiger partial charge in [-0.25, -0.2) is 4.79 Å². The van der Waals surface area contributed by atoms with Crippen molar-refractivity contribution in [1.29, 1.82) is 0 Å². The van der Waals surface area contributed by atoms with Crippen LogP contribution in [0.4, 0.5) is 4.79 Å². The van der Waals surface area contributed by atoms with Gasteiger partial charge in [0.25, 0.3) is 5.91 Å². The van der Waals surface area contributed by atoms with E-state index in [2.05, 4.69) is 10.6 Å². The molecule has 13 heteroatoms. The Bertz CT molecular complexity index is 1600. The number of methoxy groups -OCH3 is 3. The molecule has 5 N–H and O–H groups in total. The Balaban J connectivity index is 2.25. The van der Waals surface area contributed by atoms with Crippen molar-refractivity contribution in [3.05, 3.63) is 82.2 Å². The van der Waals surface area contributed by atoms with E-state index >= 15 is 0 Å². The summed E-state index contributed by atoms with van der Waals surface area (Å²) in [5, 5.41) is 16.9. The number of aldehydes is 1. The Morgan fingerprint density at radius 3 is 2.32 bits per heavy atom. The molecule has 1 aromatic rings. The van der Waals surface area contributed by atoms with Crippen LogP contribution in [-0.4, -0.2) is 87.2 Å². The zero-order chi connectivity index (χ0) is 37.1. The summed E-state index contributed by atoms with van der Waals surface area (Å²) in [4.78, 5) is 65.5. The molecule has 0 spiro atoms. The molecule has 2 amide bonds. The second-order valence-electron chi connectivity index (χ2n) is 12.4. The number of carbonyl (C=O) groups is 5. The van der Waals surface area contributed by atoms with Crippen LogP contribution < -0.4 is 21.1 Å². The minimum Gasteiger partial charge on any atom is -0.497 e. The number of allylic oxidation sites excluding steroid dienone is 4. The van der Waals surface area contributed by atoms with E-state index in [1.807, 2.05) is 6.92 Å². The van der Waals surface area contributed by atoms with Crippen LogP contribution in [0, 0.1) is 11.8 Å². The number of primary amides is 1. The molecule has 0 unspecified atom stereocenters. The first-order valence-corrected chi connectivity index (χ1v) is 16.2. The Kier molecular flexibility index (Phi) is 14.4. The zero-order valence-electron chi connectivity index (χ0n) is 29.5. The molecule has 270 valence electrons. The van der Waals surface area contributed by atoms with Gasteiger partial charge < -0.3 is 45.2 Å². The molecule has 6 atom stereocenters. The molecular formula is C37H47N3O10. The molecule has 2 bridgehead atoms. The van der Waals surface area contributed by atoms with Gasteiger partial charge in [0.2, 0.25) is 11.6 Å². The van der Waals surface area contributed by atoms with Crippen LogP contribution >= 0.6 is 0 Å². The number of Topliss-reactive ketones (excluding diaryl/α,β-unsaturated/α-hetero) is 2. The van der Waals surface area contributed by atoms with Crippen molar-refractivity contribution in [2.45, 2.75) is 65.0 Å². The number of benzene rings is 1. The number of ether oxygens (including phenoxy) is 4. The fourth-order valence-corrected chi connectivity index (χ4v) is 6.03. The predicted octanol–water partition coefficient (Wildman–Crippen LogP) is 3.09. The van der Waals surface area contributed by atoms with Gasteiger partial charge in [-0.3, -0.25) is 14.4 Å². The first-order chi connectivity index (χ1) is 23.8. The van der Waals surface area contributed by atoms with Gasteiger partial charge in [-0.05, 0) is 55.9 Å². The van der Waals surface area contributed by atoms with Crippen LogP contribution in [0.15, 0.2) is 76.7 Å². The van der Waals surface area contributed by atoms with Crippen molar-refractivity contribution in [2.24, 2.45) is 17.6 Å². The minimum atomic E-state index is -1.03. The SMILES string of the molecule is COc1ccc(C2=C3NC(=O)/C(C)=C/C=C\[C@H](OC)[C@@H](OC(N)=O)/C(C)=C/[C@H](C)[C@@H](O)[C@@H](OC)C[C@H](C)CC(=C(NCC=O)C2=O)C3=O)cc1. The second-order valence-corrected chi connectivity index (χ2v) is 12.4. The first-order valence-electron chi connectivity index (χ1n) is 16.2. The lowest BCUT2D eigenvalue weighted by Crippen LogP contribution is -2.39. The van der Waals surface area contributed by atoms with E-state index in [4.69, 9.17) is 24.7 Å². The van der Waals surface area contributed by atoms with E-state index in [9.17, 15) is 29.1 Å². The average molecular weight is 694 g/mol. The second kappa shape index (κ2) is 18.2. The molecule has 0 fully saturated rings. The summed E-state index contributed by atoms with van der Waals surface area (Å²) in [5.74, 6) is -2.15. The van der Waals surface area contributed by atoms with Crippen molar-refractivity contribution < 1.29 is 48.0 Å². The number of aliphatic hydroxyl groups excluding tert-OH is 1.